The van der Waals surface area contributed by atoms with Crippen molar-refractivity contribution < 1.29 is 0 Å². The van der Waals surface area contributed by atoms with Crippen LogP contribution in [0.2, 0.25) is 0 Å². The van der Waals surface area contributed by atoms with Gasteiger partial charge in [0.05, 0.1) is 22.6 Å². The molecule has 0 saturated carbocycles. The zero-order chi connectivity index (χ0) is 19.7. The largest absolute Gasteiger partial charge is 0.384 e. The summed E-state index contributed by atoms with van der Waals surface area (Å²) in [6.07, 6.45) is 1.39. The van der Waals surface area contributed by atoms with E-state index in [1.54, 1.807) is 10.6 Å². The van der Waals surface area contributed by atoms with E-state index in [1.165, 1.54) is 6.33 Å². The van der Waals surface area contributed by atoms with Gasteiger partial charge in [-0.25, -0.2) is 15.0 Å². The maximum atomic E-state index is 13.4. The van der Waals surface area contributed by atoms with E-state index in [1.807, 2.05) is 62.4 Å². The van der Waals surface area contributed by atoms with Crippen molar-refractivity contribution in [2.75, 3.05) is 11.1 Å². The highest BCUT2D eigenvalue weighted by molar-refractivity contribution is 5.81. The lowest BCUT2D eigenvalue weighted by Gasteiger charge is -2.20. The van der Waals surface area contributed by atoms with E-state index in [2.05, 4.69) is 15.3 Å². The van der Waals surface area contributed by atoms with Gasteiger partial charge in [0.15, 0.2) is 0 Å². The van der Waals surface area contributed by atoms with E-state index in [0.717, 1.165) is 11.3 Å². The highest BCUT2D eigenvalue weighted by Gasteiger charge is 2.19. The minimum absolute atomic E-state index is 0.0971. The smallest absolute Gasteiger partial charge is 0.266 e. The Balaban J connectivity index is 1.92. The summed E-state index contributed by atoms with van der Waals surface area (Å²) in [6, 6.07) is 16.5. The van der Waals surface area contributed by atoms with Crippen LogP contribution in [0.5, 0.6) is 0 Å². The topological polar surface area (TPSA) is 98.7 Å². The molecule has 0 radical (unpaired) electrons. The van der Waals surface area contributed by atoms with Gasteiger partial charge in [-0.05, 0) is 37.6 Å². The van der Waals surface area contributed by atoms with Crippen molar-refractivity contribution in [1.29, 1.82) is 0 Å². The normalized spacial score (nSPS) is 12.1. The second kappa shape index (κ2) is 7.11. The molecule has 140 valence electrons. The van der Waals surface area contributed by atoms with Gasteiger partial charge in [0.1, 0.15) is 23.8 Å². The van der Waals surface area contributed by atoms with Crippen molar-refractivity contribution in [2.45, 2.75) is 19.9 Å². The average Bonchev–Trinajstić information content (AvgIpc) is 2.68. The monoisotopic (exact) mass is 372 g/mol. The van der Waals surface area contributed by atoms with Crippen LogP contribution in [0.3, 0.4) is 0 Å². The maximum Gasteiger partial charge on any atom is 0.266 e. The maximum absolute atomic E-state index is 13.4. The third-order valence-electron chi connectivity index (χ3n) is 4.59. The van der Waals surface area contributed by atoms with E-state index in [9.17, 15) is 4.79 Å². The number of benzene rings is 2. The lowest BCUT2D eigenvalue weighted by Crippen LogP contribution is -2.27. The summed E-state index contributed by atoms with van der Waals surface area (Å²) in [4.78, 5) is 26.3. The SMILES string of the molecule is Cc1cccc2nc(C(C)Nc3cc(N)ncn3)n(-c3ccccc3)c(=O)c12. The number of fused-ring (bicyclic) bond motifs is 1. The van der Waals surface area contributed by atoms with E-state index in [0.29, 0.717) is 28.4 Å². The molecule has 4 aromatic rings. The van der Waals surface area contributed by atoms with Crippen LogP contribution in [0.4, 0.5) is 11.6 Å². The van der Waals surface area contributed by atoms with Gasteiger partial charge >= 0.3 is 0 Å². The number of rotatable bonds is 4. The first-order valence-electron chi connectivity index (χ1n) is 8.96. The molecule has 0 bridgehead atoms. The minimum atomic E-state index is -0.299. The zero-order valence-electron chi connectivity index (χ0n) is 15.6. The molecule has 2 aromatic carbocycles. The molecule has 1 atom stereocenters. The highest BCUT2D eigenvalue weighted by Crippen LogP contribution is 2.22. The lowest BCUT2D eigenvalue weighted by atomic mass is 10.1. The molecule has 0 saturated heterocycles. The van der Waals surface area contributed by atoms with E-state index < -0.39 is 0 Å². The molecule has 7 heteroatoms. The standard InChI is InChI=1S/C21H20N6O/c1-13-7-6-10-16-19(13)21(28)27(15-8-4-3-5-9-15)20(26-16)14(2)25-18-11-17(22)23-12-24-18/h3-12,14H,1-2H3,(H3,22,23,24,25). The van der Waals surface area contributed by atoms with E-state index in [-0.39, 0.29) is 11.6 Å². The second-order valence-corrected chi connectivity index (χ2v) is 6.61. The molecule has 0 aliphatic heterocycles. The van der Waals surface area contributed by atoms with Crippen LogP contribution < -0.4 is 16.6 Å². The van der Waals surface area contributed by atoms with Gasteiger partial charge in [0, 0.05) is 6.07 Å². The molecule has 28 heavy (non-hydrogen) atoms. The number of nitrogens with zero attached hydrogens (tertiary/aromatic N) is 4. The fourth-order valence-electron chi connectivity index (χ4n) is 3.27. The Morgan fingerprint density at radius 1 is 1.07 bits per heavy atom. The number of hydrogen-bond acceptors (Lipinski definition) is 6. The van der Waals surface area contributed by atoms with Gasteiger partial charge in [0.25, 0.3) is 5.56 Å². The summed E-state index contributed by atoms with van der Waals surface area (Å²) in [5, 5.41) is 3.88. The van der Waals surface area contributed by atoms with Gasteiger partial charge in [-0.2, -0.15) is 0 Å². The fraction of sp³-hybridized carbons (Fsp3) is 0.143. The van der Waals surface area contributed by atoms with Crippen molar-refractivity contribution >= 4 is 22.5 Å². The van der Waals surface area contributed by atoms with Crippen molar-refractivity contribution in [1.82, 2.24) is 19.5 Å². The van der Waals surface area contributed by atoms with Gasteiger partial charge in [-0.15, -0.1) is 0 Å². The van der Waals surface area contributed by atoms with Crippen molar-refractivity contribution in [3.05, 3.63) is 82.7 Å². The summed E-state index contributed by atoms with van der Waals surface area (Å²) in [5.74, 6) is 1.52. The van der Waals surface area contributed by atoms with Crippen LogP contribution >= 0.6 is 0 Å². The van der Waals surface area contributed by atoms with Crippen LogP contribution in [0.25, 0.3) is 16.6 Å². The predicted molar refractivity (Wildman–Crippen MR) is 111 cm³/mol. The number of aromatic nitrogens is 4. The summed E-state index contributed by atoms with van der Waals surface area (Å²) < 4.78 is 1.65. The Morgan fingerprint density at radius 2 is 1.86 bits per heavy atom. The summed E-state index contributed by atoms with van der Waals surface area (Å²) in [5.41, 5.74) is 7.98. The molecule has 2 heterocycles. The van der Waals surface area contributed by atoms with E-state index in [4.69, 9.17) is 10.7 Å². The Bertz CT molecular complexity index is 1200. The third-order valence-corrected chi connectivity index (χ3v) is 4.59. The summed E-state index contributed by atoms with van der Waals surface area (Å²) in [7, 11) is 0. The van der Waals surface area contributed by atoms with Crippen LogP contribution in [-0.2, 0) is 0 Å². The van der Waals surface area contributed by atoms with Crippen molar-refractivity contribution in [3.63, 3.8) is 0 Å². The Morgan fingerprint density at radius 3 is 2.61 bits per heavy atom. The number of nitrogen functional groups attached to an aromatic ring is 1. The molecule has 0 spiro atoms. The Labute approximate surface area is 161 Å². The summed E-state index contributed by atoms with van der Waals surface area (Å²) >= 11 is 0. The average molecular weight is 372 g/mol. The fourth-order valence-corrected chi connectivity index (χ4v) is 3.27. The molecule has 4 rings (SSSR count). The second-order valence-electron chi connectivity index (χ2n) is 6.61. The molecule has 2 aromatic heterocycles. The van der Waals surface area contributed by atoms with Gasteiger partial charge in [-0.1, -0.05) is 30.3 Å². The molecule has 7 nitrogen and oxygen atoms in total. The summed E-state index contributed by atoms with van der Waals surface area (Å²) in [6.45, 7) is 3.85. The molecule has 0 fully saturated rings. The molecule has 0 aliphatic rings. The Kier molecular flexibility index (Phi) is 4.49. The van der Waals surface area contributed by atoms with E-state index >= 15 is 0 Å². The van der Waals surface area contributed by atoms with Crippen molar-refractivity contribution in [2.24, 2.45) is 0 Å². The highest BCUT2D eigenvalue weighted by atomic mass is 16.1. The quantitative estimate of drug-likeness (QED) is 0.571. The number of nitrogens with one attached hydrogen (secondary N) is 1. The zero-order valence-corrected chi connectivity index (χ0v) is 15.6. The first kappa shape index (κ1) is 17.7. The van der Waals surface area contributed by atoms with Gasteiger partial charge in [-0.3, -0.25) is 9.36 Å². The Hall–Kier alpha value is -3.74. The number of para-hydroxylation sites is 1. The first-order valence-corrected chi connectivity index (χ1v) is 8.96. The van der Waals surface area contributed by atoms with Crippen LogP contribution in [0.1, 0.15) is 24.4 Å². The van der Waals surface area contributed by atoms with Gasteiger partial charge < -0.3 is 11.1 Å². The molecule has 1 unspecified atom stereocenters. The molecule has 0 aliphatic carbocycles. The number of hydrogen-bond donors (Lipinski definition) is 2. The molecular formula is C21H20N6O. The van der Waals surface area contributed by atoms with Crippen LogP contribution in [-0.4, -0.2) is 19.5 Å². The van der Waals surface area contributed by atoms with Gasteiger partial charge in [0.2, 0.25) is 0 Å². The predicted octanol–water partition coefficient (Wildman–Crippen LogP) is 3.24. The van der Waals surface area contributed by atoms with Crippen molar-refractivity contribution in [3.8, 4) is 5.69 Å². The first-order chi connectivity index (χ1) is 13.5. The number of aryl methyl sites for hydroxylation is 1. The minimum Gasteiger partial charge on any atom is -0.384 e. The molecule has 0 amide bonds. The number of anilines is 2. The van der Waals surface area contributed by atoms with Crippen LogP contribution in [0, 0.1) is 6.92 Å². The molecule has 3 N–H and O–H groups in total. The third kappa shape index (κ3) is 3.18. The van der Waals surface area contributed by atoms with Crippen LogP contribution in [0.15, 0.2) is 65.7 Å². The lowest BCUT2D eigenvalue weighted by molar-refractivity contribution is 0.730. The molecular weight excluding hydrogens is 352 g/mol. The number of nitrogens with two attached hydrogens (primary N) is 1.